The summed E-state index contributed by atoms with van der Waals surface area (Å²) in [5.74, 6) is 0. The molecule has 134 heavy (non-hydrogen) atoms. The number of hydrogen-bond donors (Lipinski definition) is 0. The molecule has 8 nitrogen and oxygen atoms in total. The first-order valence-electron chi connectivity index (χ1n) is 45.9. The van der Waals surface area contributed by atoms with E-state index in [0.29, 0.717) is 0 Å². The predicted octanol–water partition coefficient (Wildman–Crippen LogP) is 33.9. The molecule has 0 fully saturated rings. The second kappa shape index (κ2) is 33.3. The third-order valence-corrected chi connectivity index (χ3v) is 26.6. The minimum atomic E-state index is 1.12. The van der Waals surface area contributed by atoms with Gasteiger partial charge in [0.1, 0.15) is 0 Å². The summed E-state index contributed by atoms with van der Waals surface area (Å²) < 4.78 is 14.5. The highest BCUT2D eigenvalue weighted by molar-refractivity contribution is 6.31. The Hall–Kier alpha value is -18.0. The van der Waals surface area contributed by atoms with Crippen LogP contribution in [-0.4, -0.2) is 27.4 Å². The van der Waals surface area contributed by atoms with E-state index in [0.717, 1.165) is 51.2 Å². The van der Waals surface area contributed by atoms with Crippen molar-refractivity contribution in [1.29, 1.82) is 0 Å². The van der Waals surface area contributed by atoms with E-state index in [2.05, 4.69) is 559 Å². The van der Waals surface area contributed by atoms with E-state index in [9.17, 15) is 0 Å². The van der Waals surface area contributed by atoms with E-state index >= 15 is 0 Å². The molecular weight excluding hydrogens is 1630 g/mol. The summed E-state index contributed by atoms with van der Waals surface area (Å²) in [6, 6.07) is 187. The molecule has 0 N–H and O–H groups in total. The summed E-state index contributed by atoms with van der Waals surface area (Å²) >= 11 is 0. The largest absolute Gasteiger partial charge is 0.311 e. The minimum Gasteiger partial charge on any atom is -0.311 e. The third-order valence-electron chi connectivity index (χ3n) is 26.6. The zero-order valence-corrected chi connectivity index (χ0v) is 73.2. The Morgan fingerprint density at radius 1 is 0.127 bits per heavy atom. The van der Waals surface area contributed by atoms with Gasteiger partial charge in [-0.25, -0.2) is 0 Å². The monoisotopic (exact) mass is 1710 g/mol. The van der Waals surface area contributed by atoms with Crippen molar-refractivity contribution in [3.63, 3.8) is 0 Å². The molecule has 630 valence electrons. The van der Waals surface area contributed by atoms with Gasteiger partial charge < -0.3 is 37.2 Å². The lowest BCUT2D eigenvalue weighted by Gasteiger charge is -2.25. The minimum absolute atomic E-state index is 1.12. The standard InChI is InChI=1S/C48H33N3.C42H29N3.C36H24N2/c1-4-14-36(15-5-1)49(37-16-6-2-7-17-37)39-28-24-34(25-29-39)35-26-30-40(31-27-35)50-45-23-13-11-21-43(45)47-46(50)33-32-42-41-20-10-12-22-44(41)51(48(42)47)38-18-8-3-9-19-38;1-5-15-30(16-6-1)43(31-17-7-2-8-18-31)34-25-26-38-36(29-34)42-40(45(38)33-21-11-4-12-22-33)28-27-39-41(42)35-23-13-14-24-37(35)44(39)32-19-9-3-10-20-32;1-4-14-25(15-5-1)34-35-28-20-10-12-22-30(28)37(26-16-6-2-7-17-26)32(35)24-33-36(34)29-21-11-13-23-31(29)38(33)27-18-8-3-9-19-27/h1-33H;1-29H;1-24H. The molecule has 27 rings (SSSR count). The molecule has 0 aliphatic carbocycles. The van der Waals surface area contributed by atoms with Crippen molar-refractivity contribution in [1.82, 2.24) is 27.4 Å². The van der Waals surface area contributed by atoms with Gasteiger partial charge in [-0.15, -0.1) is 0 Å². The average Bonchev–Trinajstić information content (AvgIpc) is 1.55. The first-order valence-corrected chi connectivity index (χ1v) is 45.9. The lowest BCUT2D eigenvalue weighted by Crippen LogP contribution is -2.09. The fraction of sp³-hybridized carbons (Fsp3) is 0. The van der Waals surface area contributed by atoms with Crippen molar-refractivity contribution < 1.29 is 0 Å². The second-order valence-electron chi connectivity index (χ2n) is 34.2. The van der Waals surface area contributed by atoms with Crippen LogP contribution in [0.15, 0.2) is 522 Å². The molecule has 0 spiro atoms. The zero-order valence-electron chi connectivity index (χ0n) is 73.2. The van der Waals surface area contributed by atoms with Crippen molar-refractivity contribution in [3.05, 3.63) is 522 Å². The van der Waals surface area contributed by atoms with Crippen molar-refractivity contribution in [2.75, 3.05) is 9.80 Å². The molecule has 0 aliphatic rings. The van der Waals surface area contributed by atoms with Gasteiger partial charge in [-0.05, 0) is 223 Å². The fourth-order valence-electron chi connectivity index (χ4n) is 21.0. The number of nitrogens with zero attached hydrogens (tertiary/aromatic N) is 8. The van der Waals surface area contributed by atoms with Gasteiger partial charge in [-0.2, -0.15) is 0 Å². The van der Waals surface area contributed by atoms with Crippen LogP contribution in [0.5, 0.6) is 0 Å². The van der Waals surface area contributed by atoms with E-state index in [1.54, 1.807) is 0 Å². The first kappa shape index (κ1) is 78.3. The number of para-hydroxylation sites is 14. The Morgan fingerprint density at radius 3 is 0.784 bits per heavy atom. The maximum atomic E-state index is 2.44. The highest BCUT2D eigenvalue weighted by Crippen LogP contribution is 2.51. The lowest BCUT2D eigenvalue weighted by atomic mass is 9.94. The highest BCUT2D eigenvalue weighted by atomic mass is 15.2. The Kier molecular flexibility index (Phi) is 19.4. The molecule has 0 bridgehead atoms. The molecule has 0 atom stereocenters. The predicted molar refractivity (Wildman–Crippen MR) is 566 cm³/mol. The number of rotatable bonds is 14. The van der Waals surface area contributed by atoms with Gasteiger partial charge in [-0.1, -0.05) is 315 Å². The molecule has 0 saturated heterocycles. The molecule has 8 heteroatoms. The molecular formula is C126H86N8. The van der Waals surface area contributed by atoms with Crippen LogP contribution in [0.1, 0.15) is 0 Å². The van der Waals surface area contributed by atoms with Crippen molar-refractivity contribution in [2.24, 2.45) is 0 Å². The highest BCUT2D eigenvalue weighted by Gasteiger charge is 2.28. The lowest BCUT2D eigenvalue weighted by molar-refractivity contribution is 1.16. The molecule has 6 aromatic heterocycles. The van der Waals surface area contributed by atoms with Crippen LogP contribution in [0.2, 0.25) is 0 Å². The molecule has 0 saturated carbocycles. The van der Waals surface area contributed by atoms with E-state index in [1.165, 1.54) is 170 Å². The van der Waals surface area contributed by atoms with Gasteiger partial charge >= 0.3 is 0 Å². The van der Waals surface area contributed by atoms with Gasteiger partial charge in [0.2, 0.25) is 0 Å². The van der Waals surface area contributed by atoms with Gasteiger partial charge in [0.25, 0.3) is 0 Å². The molecule has 27 aromatic rings. The maximum absolute atomic E-state index is 2.44. The van der Waals surface area contributed by atoms with E-state index in [4.69, 9.17) is 0 Å². The Balaban J connectivity index is 0.000000109. The Bertz CT molecular complexity index is 8830. The Morgan fingerprint density at radius 2 is 0.381 bits per heavy atom. The number of anilines is 6. The van der Waals surface area contributed by atoms with Crippen LogP contribution in [0.4, 0.5) is 34.1 Å². The molecule has 0 unspecified atom stereocenters. The van der Waals surface area contributed by atoms with Crippen LogP contribution in [0, 0.1) is 0 Å². The zero-order chi connectivity index (χ0) is 88.5. The van der Waals surface area contributed by atoms with Crippen LogP contribution in [-0.2, 0) is 0 Å². The SMILES string of the molecule is c1ccc(-c2c3c4ccccc4n(-c4ccccc4)c3cc3c2c2ccccc2n3-c2ccccc2)cc1.c1ccc(N(c2ccccc2)c2ccc(-c3ccc(-n4c5ccccc5c5c4ccc4c6ccccc6n(-c6ccccc6)c45)cc3)cc2)cc1.c1ccc(N(c2ccccc2)c2ccc3c(c2)c2c4c5ccccc5n(-c5ccccc5)c4ccc2n3-c2ccccc2)cc1. The number of hydrogen-bond acceptors (Lipinski definition) is 2. The van der Waals surface area contributed by atoms with Gasteiger partial charge in [0.05, 0.1) is 66.2 Å². The van der Waals surface area contributed by atoms with Gasteiger partial charge in [-0.3, -0.25) is 0 Å². The average molecular weight is 1710 g/mol. The van der Waals surface area contributed by atoms with Crippen LogP contribution < -0.4 is 9.80 Å². The van der Waals surface area contributed by atoms with Crippen LogP contribution in [0.3, 0.4) is 0 Å². The van der Waals surface area contributed by atoms with Crippen molar-refractivity contribution in [3.8, 4) is 56.4 Å². The topological polar surface area (TPSA) is 36.1 Å². The quantitative estimate of drug-likeness (QED) is 0.109. The smallest absolute Gasteiger partial charge is 0.0641 e. The fourth-order valence-corrected chi connectivity index (χ4v) is 21.0. The second-order valence-corrected chi connectivity index (χ2v) is 34.2. The van der Waals surface area contributed by atoms with E-state index < -0.39 is 0 Å². The molecule has 6 heterocycles. The summed E-state index contributed by atoms with van der Waals surface area (Å²) in [6.07, 6.45) is 0. The normalized spacial score (nSPS) is 11.6. The van der Waals surface area contributed by atoms with Crippen LogP contribution >= 0.6 is 0 Å². The first-order chi connectivity index (χ1) is 66.6. The molecule has 0 radical (unpaired) electrons. The van der Waals surface area contributed by atoms with E-state index in [-0.39, 0.29) is 0 Å². The van der Waals surface area contributed by atoms with Gasteiger partial charge in [0, 0.05) is 138 Å². The summed E-state index contributed by atoms with van der Waals surface area (Å²) in [6.45, 7) is 0. The van der Waals surface area contributed by atoms with Crippen molar-refractivity contribution >= 4 is 165 Å². The summed E-state index contributed by atoms with van der Waals surface area (Å²) in [5, 5.41) is 15.2. The summed E-state index contributed by atoms with van der Waals surface area (Å²) in [5.41, 5.74) is 33.1. The van der Waals surface area contributed by atoms with Crippen LogP contribution in [0.25, 0.3) is 187 Å². The van der Waals surface area contributed by atoms with Gasteiger partial charge in [0.15, 0.2) is 0 Å². The van der Waals surface area contributed by atoms with Crippen molar-refractivity contribution in [2.45, 2.75) is 0 Å². The molecule has 21 aromatic carbocycles. The molecule has 0 amide bonds. The summed E-state index contributed by atoms with van der Waals surface area (Å²) in [7, 11) is 0. The van der Waals surface area contributed by atoms with E-state index in [1.807, 2.05) is 0 Å². The Labute approximate surface area is 774 Å². The number of aromatic nitrogens is 6. The number of fused-ring (bicyclic) bond motifs is 20. The summed E-state index contributed by atoms with van der Waals surface area (Å²) in [4.78, 5) is 4.64. The third kappa shape index (κ3) is 13.2. The maximum Gasteiger partial charge on any atom is 0.0641 e. The number of benzene rings is 21. The molecule has 0 aliphatic heterocycles.